The van der Waals surface area contributed by atoms with Gasteiger partial charge in [0.05, 0.1) is 0 Å². The maximum atomic E-state index is 12.2. The molecule has 6 fully saturated rings. The standard InChI is InChI=1S/C24H30O3/c1-2-23-7-5-14-13-4-3-12(25)9-15(13)16-10-17(16)21(14)22(23)18-11-19(18)24(23)8-6-20(26)27-24/h9,13-14,16-19,21-22H,2-8,10-11H2,1H3/t13-,14?,16?,17?,18?,19?,21?,22?,23+,24+/m1/s1. The zero-order valence-corrected chi connectivity index (χ0v) is 16.3. The summed E-state index contributed by atoms with van der Waals surface area (Å²) in [6.45, 7) is 2.38. The number of ether oxygens (including phenoxy) is 1. The van der Waals surface area contributed by atoms with Gasteiger partial charge in [-0.05, 0) is 92.4 Å². The molecule has 5 saturated carbocycles. The Morgan fingerprint density at radius 3 is 2.70 bits per heavy atom. The van der Waals surface area contributed by atoms with Gasteiger partial charge in [0.15, 0.2) is 5.78 Å². The summed E-state index contributed by atoms with van der Waals surface area (Å²) in [5.74, 6) is 6.58. The number of carbonyl (C=O) groups excluding carboxylic acids is 2. The minimum Gasteiger partial charge on any atom is -0.458 e. The average Bonchev–Trinajstić information content (AvgIpc) is 3.57. The first-order valence-corrected chi connectivity index (χ1v) is 11.6. The molecule has 3 heteroatoms. The van der Waals surface area contributed by atoms with Gasteiger partial charge in [0.25, 0.3) is 0 Å². The summed E-state index contributed by atoms with van der Waals surface area (Å²) >= 11 is 0. The van der Waals surface area contributed by atoms with Gasteiger partial charge >= 0.3 is 5.97 Å². The first-order chi connectivity index (χ1) is 13.1. The highest BCUT2D eigenvalue weighted by Gasteiger charge is 2.81. The van der Waals surface area contributed by atoms with Crippen LogP contribution >= 0.6 is 0 Å². The molecule has 0 N–H and O–H groups in total. The Kier molecular flexibility index (Phi) is 2.75. The lowest BCUT2D eigenvalue weighted by Gasteiger charge is -2.58. The molecule has 27 heavy (non-hydrogen) atoms. The number of rotatable bonds is 1. The number of hydrogen-bond donors (Lipinski definition) is 0. The average molecular weight is 367 g/mol. The Morgan fingerprint density at radius 1 is 1.04 bits per heavy atom. The quantitative estimate of drug-likeness (QED) is 0.650. The fraction of sp³-hybridized carbons (Fsp3) is 0.833. The van der Waals surface area contributed by atoms with Crippen LogP contribution in [0.4, 0.5) is 0 Å². The van der Waals surface area contributed by atoms with E-state index in [1.54, 1.807) is 5.57 Å². The van der Waals surface area contributed by atoms with Crippen LogP contribution < -0.4 is 0 Å². The van der Waals surface area contributed by atoms with Crippen LogP contribution in [0.2, 0.25) is 0 Å². The molecular formula is C24H30O3. The van der Waals surface area contributed by atoms with Crippen molar-refractivity contribution < 1.29 is 14.3 Å². The molecule has 1 spiro atoms. The number of hydrogen-bond acceptors (Lipinski definition) is 3. The second kappa shape index (κ2) is 4.71. The van der Waals surface area contributed by atoms with Crippen molar-refractivity contribution in [1.82, 2.24) is 0 Å². The van der Waals surface area contributed by atoms with Crippen LogP contribution in [-0.4, -0.2) is 17.4 Å². The Labute approximate surface area is 161 Å². The third-order valence-corrected chi connectivity index (χ3v) is 10.6. The minimum atomic E-state index is -0.109. The molecule has 0 bridgehead atoms. The second-order valence-electron chi connectivity index (χ2n) is 10.9. The van der Waals surface area contributed by atoms with Crippen LogP contribution in [0, 0.1) is 52.8 Å². The fourth-order valence-corrected chi connectivity index (χ4v) is 9.79. The molecule has 7 aliphatic rings. The first kappa shape index (κ1) is 15.8. The highest BCUT2D eigenvalue weighted by molar-refractivity contribution is 5.91. The predicted molar refractivity (Wildman–Crippen MR) is 99.5 cm³/mol. The summed E-state index contributed by atoms with van der Waals surface area (Å²) in [6.07, 6.45) is 12.0. The number of ketones is 1. The van der Waals surface area contributed by atoms with Crippen LogP contribution in [0.3, 0.4) is 0 Å². The molecule has 1 saturated heterocycles. The SMILES string of the molecule is CC[C@]12CCC3C(C4CC4C4=CC(=O)CC[C@@H]43)C1C1CC1[C@@]21CCC(=O)O1. The molecule has 0 amide bonds. The first-order valence-electron chi connectivity index (χ1n) is 11.6. The normalized spacial score (nSPS) is 59.2. The van der Waals surface area contributed by atoms with Crippen LogP contribution in [0.5, 0.6) is 0 Å². The molecule has 0 aromatic rings. The summed E-state index contributed by atoms with van der Waals surface area (Å²) < 4.78 is 6.28. The van der Waals surface area contributed by atoms with Crippen LogP contribution in [-0.2, 0) is 14.3 Å². The summed E-state index contributed by atoms with van der Waals surface area (Å²) in [5.41, 5.74) is 1.70. The molecule has 0 radical (unpaired) electrons. The van der Waals surface area contributed by atoms with Crippen molar-refractivity contribution in [2.45, 2.75) is 70.3 Å². The van der Waals surface area contributed by atoms with Gasteiger partial charge in [-0.2, -0.15) is 0 Å². The van der Waals surface area contributed by atoms with Gasteiger partial charge in [-0.3, -0.25) is 9.59 Å². The molecule has 6 aliphatic carbocycles. The third kappa shape index (κ3) is 1.65. The monoisotopic (exact) mass is 366 g/mol. The van der Waals surface area contributed by atoms with Crippen LogP contribution in [0.15, 0.2) is 11.6 Å². The predicted octanol–water partition coefficient (Wildman–Crippen LogP) is 4.31. The minimum absolute atomic E-state index is 0.0696. The number of allylic oxidation sites excluding steroid dienone is 1. The van der Waals surface area contributed by atoms with Crippen molar-refractivity contribution in [2.75, 3.05) is 0 Å². The largest absolute Gasteiger partial charge is 0.458 e. The molecule has 0 aromatic carbocycles. The van der Waals surface area contributed by atoms with Gasteiger partial charge in [0.2, 0.25) is 0 Å². The number of fused-ring (bicyclic) bond motifs is 12. The summed E-state index contributed by atoms with van der Waals surface area (Å²) in [7, 11) is 0. The lowest BCUT2D eigenvalue weighted by molar-refractivity contribution is -0.179. The van der Waals surface area contributed by atoms with E-state index in [2.05, 4.69) is 13.0 Å². The van der Waals surface area contributed by atoms with Crippen molar-refractivity contribution in [3.63, 3.8) is 0 Å². The number of carbonyl (C=O) groups is 2. The summed E-state index contributed by atoms with van der Waals surface area (Å²) in [4.78, 5) is 24.3. The van der Waals surface area contributed by atoms with E-state index in [1.807, 2.05) is 0 Å². The van der Waals surface area contributed by atoms with E-state index in [4.69, 9.17) is 4.74 Å². The van der Waals surface area contributed by atoms with Gasteiger partial charge in [-0.25, -0.2) is 0 Å². The van der Waals surface area contributed by atoms with Crippen molar-refractivity contribution in [1.29, 1.82) is 0 Å². The molecule has 7 rings (SSSR count). The molecular weight excluding hydrogens is 336 g/mol. The Morgan fingerprint density at radius 2 is 1.93 bits per heavy atom. The van der Waals surface area contributed by atoms with E-state index in [-0.39, 0.29) is 17.0 Å². The van der Waals surface area contributed by atoms with Gasteiger partial charge < -0.3 is 4.74 Å². The van der Waals surface area contributed by atoms with E-state index < -0.39 is 0 Å². The van der Waals surface area contributed by atoms with E-state index in [0.717, 1.165) is 48.9 Å². The van der Waals surface area contributed by atoms with Gasteiger partial charge in [0, 0.05) is 24.2 Å². The van der Waals surface area contributed by atoms with Gasteiger partial charge in [-0.1, -0.05) is 12.5 Å². The fourth-order valence-electron chi connectivity index (χ4n) is 9.79. The maximum Gasteiger partial charge on any atom is 0.306 e. The smallest absolute Gasteiger partial charge is 0.306 e. The molecule has 144 valence electrons. The van der Waals surface area contributed by atoms with E-state index in [1.165, 1.54) is 32.1 Å². The Hall–Kier alpha value is -1.12. The summed E-state index contributed by atoms with van der Waals surface area (Å²) in [5, 5.41) is 0. The zero-order valence-electron chi connectivity index (χ0n) is 16.3. The molecule has 0 aromatic heterocycles. The van der Waals surface area contributed by atoms with E-state index in [9.17, 15) is 9.59 Å². The van der Waals surface area contributed by atoms with Crippen molar-refractivity contribution >= 4 is 11.8 Å². The molecule has 3 nitrogen and oxygen atoms in total. The van der Waals surface area contributed by atoms with Crippen LogP contribution in [0.1, 0.15) is 64.7 Å². The zero-order chi connectivity index (χ0) is 18.1. The van der Waals surface area contributed by atoms with Gasteiger partial charge in [0.1, 0.15) is 5.60 Å². The molecule has 1 heterocycles. The highest BCUT2D eigenvalue weighted by atomic mass is 16.6. The molecule has 7 unspecified atom stereocenters. The molecule has 1 aliphatic heterocycles. The molecule has 10 atom stereocenters. The number of esters is 1. The van der Waals surface area contributed by atoms with Crippen molar-refractivity contribution in [3.05, 3.63) is 11.6 Å². The third-order valence-electron chi connectivity index (χ3n) is 10.6. The Balaban J connectivity index is 1.32. The van der Waals surface area contributed by atoms with Crippen molar-refractivity contribution in [3.8, 4) is 0 Å². The van der Waals surface area contributed by atoms with Crippen molar-refractivity contribution in [2.24, 2.45) is 52.8 Å². The Bertz CT molecular complexity index is 797. The summed E-state index contributed by atoms with van der Waals surface area (Å²) in [6, 6.07) is 0. The topological polar surface area (TPSA) is 43.4 Å². The maximum absolute atomic E-state index is 12.2. The van der Waals surface area contributed by atoms with Gasteiger partial charge in [-0.15, -0.1) is 0 Å². The van der Waals surface area contributed by atoms with E-state index >= 15 is 0 Å². The lowest BCUT2D eigenvalue weighted by Crippen LogP contribution is -2.56. The van der Waals surface area contributed by atoms with Crippen LogP contribution in [0.25, 0.3) is 0 Å². The highest BCUT2D eigenvalue weighted by Crippen LogP contribution is 2.81. The second-order valence-corrected chi connectivity index (χ2v) is 10.9. The lowest BCUT2D eigenvalue weighted by atomic mass is 9.47. The van der Waals surface area contributed by atoms with E-state index in [0.29, 0.717) is 30.0 Å².